The summed E-state index contributed by atoms with van der Waals surface area (Å²) in [4.78, 5) is 18.3. The Morgan fingerprint density at radius 2 is 1.90 bits per heavy atom. The Morgan fingerprint density at radius 3 is 2.60 bits per heavy atom. The number of carboxylic acids is 1. The fraction of sp³-hybridized carbons (Fsp3) is 0.484. The summed E-state index contributed by atoms with van der Waals surface area (Å²) in [7, 11) is 1.60. The number of aliphatic carboxylic acids is 1. The van der Waals surface area contributed by atoms with E-state index >= 15 is 0 Å². The molecule has 1 fully saturated rings. The molecule has 1 aliphatic rings. The van der Waals surface area contributed by atoms with Crippen molar-refractivity contribution in [2.24, 2.45) is 11.8 Å². The average Bonchev–Trinajstić information content (AvgIpc) is 2.93. The number of likely N-dealkylation sites (tertiary alicyclic amines) is 1. The normalized spacial score (nSPS) is 19.0. The van der Waals surface area contributed by atoms with E-state index in [-0.39, 0.29) is 18.3 Å². The number of nitrogens with zero attached hydrogens (tertiary/aromatic N) is 2. The van der Waals surface area contributed by atoms with Gasteiger partial charge < -0.3 is 19.8 Å². The molecule has 40 heavy (non-hydrogen) atoms. The number of fused-ring (bicyclic) bond motifs is 1. The van der Waals surface area contributed by atoms with Gasteiger partial charge in [-0.1, -0.05) is 12.1 Å². The number of rotatable bonds is 12. The van der Waals surface area contributed by atoms with Crippen LogP contribution in [0.4, 0.5) is 13.2 Å². The number of ether oxygens (including phenoxy) is 1. The van der Waals surface area contributed by atoms with Crippen LogP contribution in [0.25, 0.3) is 10.9 Å². The highest BCUT2D eigenvalue weighted by Gasteiger charge is 2.31. The van der Waals surface area contributed by atoms with Gasteiger partial charge in [-0.3, -0.25) is 9.78 Å². The first-order valence-corrected chi connectivity index (χ1v) is 13.8. The lowest BCUT2D eigenvalue weighted by Crippen LogP contribution is -2.41. The molecule has 2 aromatic carbocycles. The van der Waals surface area contributed by atoms with Gasteiger partial charge in [0.25, 0.3) is 0 Å². The SMILES string of the molecule is COc1ccc2nccc([C@@H](O)CC[C@@H]3CCN(CCCCc4ccc(C(F)(F)F)cc4)C[C@@H]3CC(=O)O)c2c1. The quantitative estimate of drug-likeness (QED) is 0.247. The van der Waals surface area contributed by atoms with Crippen molar-refractivity contribution in [3.8, 4) is 5.75 Å². The second-order valence-electron chi connectivity index (χ2n) is 10.7. The summed E-state index contributed by atoms with van der Waals surface area (Å²) in [6.07, 6.45) is 1.36. The zero-order valence-electron chi connectivity index (χ0n) is 22.7. The van der Waals surface area contributed by atoms with Gasteiger partial charge in [-0.25, -0.2) is 0 Å². The molecule has 0 aliphatic carbocycles. The highest BCUT2D eigenvalue weighted by molar-refractivity contribution is 5.83. The van der Waals surface area contributed by atoms with Crippen LogP contribution in [0.15, 0.2) is 54.7 Å². The molecule has 0 bridgehead atoms. The number of aryl methyl sites for hydroxylation is 1. The fourth-order valence-electron chi connectivity index (χ4n) is 5.81. The van der Waals surface area contributed by atoms with Crippen molar-refractivity contribution in [3.63, 3.8) is 0 Å². The molecule has 0 spiro atoms. The van der Waals surface area contributed by atoms with Crippen molar-refractivity contribution in [1.29, 1.82) is 0 Å². The van der Waals surface area contributed by atoms with Gasteiger partial charge in [0.2, 0.25) is 0 Å². The van der Waals surface area contributed by atoms with Crippen molar-refractivity contribution in [2.45, 2.75) is 57.2 Å². The zero-order valence-corrected chi connectivity index (χ0v) is 22.7. The van der Waals surface area contributed by atoms with Crippen molar-refractivity contribution in [3.05, 3.63) is 71.4 Å². The van der Waals surface area contributed by atoms with Crippen LogP contribution in [0.5, 0.6) is 5.75 Å². The summed E-state index contributed by atoms with van der Waals surface area (Å²) in [5.41, 5.74) is 1.83. The molecule has 0 unspecified atom stereocenters. The topological polar surface area (TPSA) is 82.9 Å². The van der Waals surface area contributed by atoms with Gasteiger partial charge in [0.1, 0.15) is 5.75 Å². The average molecular weight is 559 g/mol. The smallest absolute Gasteiger partial charge is 0.416 e. The maximum Gasteiger partial charge on any atom is 0.416 e. The van der Waals surface area contributed by atoms with Crippen molar-refractivity contribution in [2.75, 3.05) is 26.7 Å². The first-order valence-electron chi connectivity index (χ1n) is 13.8. The highest BCUT2D eigenvalue weighted by Crippen LogP contribution is 2.35. The molecule has 4 rings (SSSR count). The van der Waals surface area contributed by atoms with Crippen molar-refractivity contribution in [1.82, 2.24) is 9.88 Å². The monoisotopic (exact) mass is 558 g/mol. The third-order valence-electron chi connectivity index (χ3n) is 8.04. The Morgan fingerprint density at radius 1 is 1.12 bits per heavy atom. The van der Waals surface area contributed by atoms with E-state index in [0.29, 0.717) is 25.1 Å². The largest absolute Gasteiger partial charge is 0.497 e. The fourth-order valence-corrected chi connectivity index (χ4v) is 5.81. The van der Waals surface area contributed by atoms with Crippen LogP contribution in [0.1, 0.15) is 61.3 Å². The minimum Gasteiger partial charge on any atom is -0.497 e. The minimum absolute atomic E-state index is 0.00245. The number of pyridine rings is 1. The molecule has 0 radical (unpaired) electrons. The molecule has 0 saturated carbocycles. The van der Waals surface area contributed by atoms with Gasteiger partial charge >= 0.3 is 12.1 Å². The number of hydrogen-bond acceptors (Lipinski definition) is 5. The summed E-state index contributed by atoms with van der Waals surface area (Å²) in [5, 5.41) is 21.5. The second-order valence-corrected chi connectivity index (χ2v) is 10.7. The molecular formula is C31H37F3N2O4. The lowest BCUT2D eigenvalue weighted by Gasteiger charge is -2.38. The van der Waals surface area contributed by atoms with Crippen LogP contribution in [0, 0.1) is 11.8 Å². The molecule has 0 amide bonds. The lowest BCUT2D eigenvalue weighted by molar-refractivity contribution is -0.139. The van der Waals surface area contributed by atoms with Gasteiger partial charge in [-0.2, -0.15) is 13.2 Å². The van der Waals surface area contributed by atoms with Crippen LogP contribution in [0.3, 0.4) is 0 Å². The first-order chi connectivity index (χ1) is 19.1. The second kappa shape index (κ2) is 13.5. The number of piperidine rings is 1. The van der Waals surface area contributed by atoms with E-state index in [1.807, 2.05) is 24.3 Å². The maximum absolute atomic E-state index is 12.8. The van der Waals surface area contributed by atoms with Gasteiger partial charge in [0.15, 0.2) is 0 Å². The number of aliphatic hydroxyl groups excluding tert-OH is 1. The van der Waals surface area contributed by atoms with Crippen LogP contribution < -0.4 is 4.74 Å². The summed E-state index contributed by atoms with van der Waals surface area (Å²) in [6, 6.07) is 12.7. The van der Waals surface area contributed by atoms with Crippen LogP contribution >= 0.6 is 0 Å². The molecule has 2 N–H and O–H groups in total. The molecular weight excluding hydrogens is 521 g/mol. The van der Waals surface area contributed by atoms with Crippen LogP contribution in [-0.2, 0) is 17.4 Å². The summed E-state index contributed by atoms with van der Waals surface area (Å²) < 4.78 is 43.6. The molecule has 1 saturated heterocycles. The number of carbonyl (C=O) groups is 1. The number of benzene rings is 2. The number of unbranched alkanes of at least 4 members (excludes halogenated alkanes) is 1. The van der Waals surface area contributed by atoms with E-state index in [1.54, 1.807) is 13.3 Å². The van der Waals surface area contributed by atoms with E-state index in [1.165, 1.54) is 12.1 Å². The number of aromatic nitrogens is 1. The number of methoxy groups -OCH3 is 1. The Kier molecular flexibility index (Phi) is 10.0. The number of halogens is 3. The number of alkyl halides is 3. The van der Waals surface area contributed by atoms with Crippen LogP contribution in [0.2, 0.25) is 0 Å². The molecule has 2 heterocycles. The van der Waals surface area contributed by atoms with Gasteiger partial charge in [-0.15, -0.1) is 0 Å². The third-order valence-corrected chi connectivity index (χ3v) is 8.04. The van der Waals surface area contributed by atoms with E-state index < -0.39 is 23.8 Å². The van der Waals surface area contributed by atoms with E-state index in [4.69, 9.17) is 4.74 Å². The Bertz CT molecular complexity index is 1270. The molecule has 3 atom stereocenters. The summed E-state index contributed by atoms with van der Waals surface area (Å²) in [6.45, 7) is 2.40. The maximum atomic E-state index is 12.8. The van der Waals surface area contributed by atoms with Crippen molar-refractivity contribution >= 4 is 16.9 Å². The van der Waals surface area contributed by atoms with E-state index in [2.05, 4.69) is 9.88 Å². The first kappa shape index (κ1) is 29.8. The standard InChI is InChI=1S/C31H37F3N2O4/c1-40-25-10-11-28-27(19-25)26(13-15-35-28)29(37)12-7-22-14-17-36(20-23(22)18-30(38)39)16-3-2-4-21-5-8-24(9-6-21)31(32,33)34/h5-6,8-11,13,15,19,22-23,29,37H,2-4,7,12,14,16-18,20H2,1H3,(H,38,39)/t22-,23+,29+/m1/s1. The summed E-state index contributed by atoms with van der Waals surface area (Å²) in [5.74, 6) is 0.0913. The highest BCUT2D eigenvalue weighted by atomic mass is 19.4. The van der Waals surface area contributed by atoms with Gasteiger partial charge in [0.05, 0.1) is 24.3 Å². The predicted molar refractivity (Wildman–Crippen MR) is 147 cm³/mol. The molecule has 9 heteroatoms. The number of hydrogen-bond donors (Lipinski definition) is 2. The number of aliphatic hydroxyl groups is 1. The Hall–Kier alpha value is -3.17. The van der Waals surface area contributed by atoms with Crippen molar-refractivity contribution < 1.29 is 32.9 Å². The molecule has 216 valence electrons. The van der Waals surface area contributed by atoms with E-state index in [0.717, 1.165) is 72.9 Å². The number of carboxylic acid groups (broad SMARTS) is 1. The van der Waals surface area contributed by atoms with Crippen LogP contribution in [-0.4, -0.2) is 52.8 Å². The third kappa shape index (κ3) is 7.95. The van der Waals surface area contributed by atoms with Gasteiger partial charge in [0, 0.05) is 24.5 Å². The Labute approximate surface area is 232 Å². The molecule has 1 aliphatic heterocycles. The van der Waals surface area contributed by atoms with E-state index in [9.17, 15) is 28.2 Å². The Balaban J connectivity index is 1.28. The van der Waals surface area contributed by atoms with Gasteiger partial charge in [-0.05, 0) is 111 Å². The zero-order chi connectivity index (χ0) is 28.7. The predicted octanol–water partition coefficient (Wildman–Crippen LogP) is 6.51. The lowest BCUT2D eigenvalue weighted by atomic mass is 9.79. The molecule has 6 nitrogen and oxygen atoms in total. The minimum atomic E-state index is -4.32. The molecule has 3 aromatic rings. The molecule has 1 aromatic heterocycles. The summed E-state index contributed by atoms with van der Waals surface area (Å²) >= 11 is 0.